The zero-order chi connectivity index (χ0) is 17.0. The van der Waals surface area contributed by atoms with E-state index in [1.807, 2.05) is 0 Å². The highest BCUT2D eigenvalue weighted by Gasteiger charge is 2.61. The van der Waals surface area contributed by atoms with Gasteiger partial charge in [0.05, 0.1) is 5.41 Å². The zero-order valence-corrected chi connectivity index (χ0v) is 16.0. The van der Waals surface area contributed by atoms with Crippen LogP contribution in [0.1, 0.15) is 80.1 Å². The predicted octanol–water partition coefficient (Wildman–Crippen LogP) is 5.45. The summed E-state index contributed by atoms with van der Waals surface area (Å²) in [7, 11) is 0. The number of esters is 1. The van der Waals surface area contributed by atoms with Gasteiger partial charge in [0.1, 0.15) is 5.60 Å². The van der Waals surface area contributed by atoms with E-state index < -0.39 is 0 Å². The molecule has 0 amide bonds. The molecular formula is C21H36O2. The Labute approximate surface area is 142 Å². The first-order valence-corrected chi connectivity index (χ1v) is 9.88. The average Bonchev–Trinajstić information content (AvgIpc) is 2.40. The molecule has 4 bridgehead atoms. The van der Waals surface area contributed by atoms with E-state index in [0.717, 1.165) is 18.3 Å². The minimum atomic E-state index is -0.370. The normalized spacial score (nSPS) is 39.3. The van der Waals surface area contributed by atoms with Crippen LogP contribution in [-0.2, 0) is 9.53 Å². The number of carbonyl (C=O) groups excluding carboxylic acids is 1. The molecule has 0 aromatic rings. The Morgan fingerprint density at radius 1 is 1.00 bits per heavy atom. The molecule has 0 aromatic carbocycles. The van der Waals surface area contributed by atoms with Crippen molar-refractivity contribution in [1.29, 1.82) is 0 Å². The number of rotatable bonds is 5. The molecule has 0 N–H and O–H groups in total. The molecule has 4 saturated carbocycles. The van der Waals surface area contributed by atoms with Gasteiger partial charge in [-0.05, 0) is 87.9 Å². The third kappa shape index (κ3) is 2.85. The standard InChI is InChI=1S/C21H36O2/c1-13(2)12-20(5,6)19(22)23-21(14(3)4)17-8-15-7-16(10-17)11-18(21)9-15/h13-18H,7-12H2,1-6H3. The summed E-state index contributed by atoms with van der Waals surface area (Å²) in [6.07, 6.45) is 7.52. The first-order valence-electron chi connectivity index (χ1n) is 9.88. The lowest BCUT2D eigenvalue weighted by atomic mass is 9.47. The van der Waals surface area contributed by atoms with Crippen molar-refractivity contribution >= 4 is 5.97 Å². The van der Waals surface area contributed by atoms with E-state index in [4.69, 9.17) is 4.74 Å². The van der Waals surface area contributed by atoms with Crippen molar-refractivity contribution in [2.24, 2.45) is 40.9 Å². The average molecular weight is 321 g/mol. The van der Waals surface area contributed by atoms with Crippen LogP contribution in [0.5, 0.6) is 0 Å². The maximum atomic E-state index is 13.1. The third-order valence-corrected chi connectivity index (χ3v) is 7.06. The molecule has 4 aliphatic rings. The van der Waals surface area contributed by atoms with Crippen molar-refractivity contribution in [2.75, 3.05) is 0 Å². The lowest BCUT2D eigenvalue weighted by Gasteiger charge is -2.62. The van der Waals surface area contributed by atoms with Crippen LogP contribution in [-0.4, -0.2) is 11.6 Å². The summed E-state index contributed by atoms with van der Waals surface area (Å²) in [5.41, 5.74) is -0.552. The van der Waals surface area contributed by atoms with Gasteiger partial charge in [-0.25, -0.2) is 0 Å². The van der Waals surface area contributed by atoms with Crippen molar-refractivity contribution in [2.45, 2.75) is 85.7 Å². The van der Waals surface area contributed by atoms with Gasteiger partial charge in [-0.1, -0.05) is 27.7 Å². The van der Waals surface area contributed by atoms with E-state index in [-0.39, 0.29) is 17.0 Å². The Balaban J connectivity index is 1.84. The summed E-state index contributed by atoms with van der Waals surface area (Å²) >= 11 is 0. The fraction of sp³-hybridized carbons (Fsp3) is 0.952. The second-order valence-corrected chi connectivity index (χ2v) is 10.2. The zero-order valence-electron chi connectivity index (χ0n) is 16.0. The van der Waals surface area contributed by atoms with E-state index in [9.17, 15) is 4.79 Å². The molecule has 4 aliphatic carbocycles. The van der Waals surface area contributed by atoms with Crippen LogP contribution < -0.4 is 0 Å². The van der Waals surface area contributed by atoms with E-state index in [1.54, 1.807) is 0 Å². The minimum Gasteiger partial charge on any atom is -0.458 e. The molecule has 2 nitrogen and oxygen atoms in total. The summed E-state index contributed by atoms with van der Waals surface area (Å²) in [6.45, 7) is 13.1. The topological polar surface area (TPSA) is 26.3 Å². The summed E-state index contributed by atoms with van der Waals surface area (Å²) in [5.74, 6) is 4.03. The van der Waals surface area contributed by atoms with Gasteiger partial charge in [-0.3, -0.25) is 4.79 Å². The number of hydrogen-bond acceptors (Lipinski definition) is 2. The maximum Gasteiger partial charge on any atom is 0.312 e. The van der Waals surface area contributed by atoms with Crippen LogP contribution in [0, 0.1) is 40.9 Å². The molecule has 2 heteroatoms. The quantitative estimate of drug-likeness (QED) is 0.629. The molecular weight excluding hydrogens is 284 g/mol. The van der Waals surface area contributed by atoms with Crippen molar-refractivity contribution in [3.63, 3.8) is 0 Å². The van der Waals surface area contributed by atoms with Gasteiger partial charge in [0, 0.05) is 0 Å². The van der Waals surface area contributed by atoms with Gasteiger partial charge in [0.15, 0.2) is 0 Å². The third-order valence-electron chi connectivity index (χ3n) is 7.06. The summed E-state index contributed by atoms with van der Waals surface area (Å²) < 4.78 is 6.50. The first kappa shape index (κ1) is 17.3. The van der Waals surface area contributed by atoms with Crippen molar-refractivity contribution in [3.8, 4) is 0 Å². The van der Waals surface area contributed by atoms with Gasteiger partial charge in [0.25, 0.3) is 0 Å². The molecule has 0 radical (unpaired) electrons. The van der Waals surface area contributed by atoms with E-state index in [0.29, 0.717) is 23.7 Å². The fourth-order valence-corrected chi connectivity index (χ4v) is 6.55. The highest BCUT2D eigenvalue weighted by atomic mass is 16.6. The lowest BCUT2D eigenvalue weighted by Crippen LogP contribution is -2.63. The van der Waals surface area contributed by atoms with E-state index in [1.165, 1.54) is 32.1 Å². The van der Waals surface area contributed by atoms with Crippen molar-refractivity contribution in [1.82, 2.24) is 0 Å². The van der Waals surface area contributed by atoms with Gasteiger partial charge in [-0.2, -0.15) is 0 Å². The summed E-state index contributed by atoms with van der Waals surface area (Å²) in [5, 5.41) is 0. The van der Waals surface area contributed by atoms with Crippen LogP contribution in [0.25, 0.3) is 0 Å². The largest absolute Gasteiger partial charge is 0.458 e. The predicted molar refractivity (Wildman–Crippen MR) is 93.9 cm³/mol. The summed E-state index contributed by atoms with van der Waals surface area (Å²) in [6, 6.07) is 0. The highest BCUT2D eigenvalue weighted by molar-refractivity contribution is 5.76. The Morgan fingerprint density at radius 2 is 1.48 bits per heavy atom. The molecule has 0 aliphatic heterocycles. The molecule has 4 fully saturated rings. The molecule has 0 saturated heterocycles. The van der Waals surface area contributed by atoms with Crippen LogP contribution in [0.2, 0.25) is 0 Å². The molecule has 0 heterocycles. The van der Waals surface area contributed by atoms with Crippen LogP contribution in [0.4, 0.5) is 0 Å². The minimum absolute atomic E-state index is 0.0485. The second-order valence-electron chi connectivity index (χ2n) is 10.2. The van der Waals surface area contributed by atoms with E-state index >= 15 is 0 Å². The SMILES string of the molecule is CC(C)CC(C)(C)C(=O)OC1(C(C)C)C2CC3CC(C2)CC1C3. The smallest absolute Gasteiger partial charge is 0.312 e. The van der Waals surface area contributed by atoms with E-state index in [2.05, 4.69) is 41.5 Å². The molecule has 0 aromatic heterocycles. The number of ether oxygens (including phenoxy) is 1. The van der Waals surface area contributed by atoms with Gasteiger partial charge < -0.3 is 4.74 Å². The van der Waals surface area contributed by atoms with Gasteiger partial charge in [-0.15, -0.1) is 0 Å². The summed E-state index contributed by atoms with van der Waals surface area (Å²) in [4.78, 5) is 13.1. The number of carbonyl (C=O) groups is 1. The molecule has 0 unspecified atom stereocenters. The first-order chi connectivity index (χ1) is 10.6. The molecule has 23 heavy (non-hydrogen) atoms. The van der Waals surface area contributed by atoms with Gasteiger partial charge >= 0.3 is 5.97 Å². The van der Waals surface area contributed by atoms with Crippen molar-refractivity contribution < 1.29 is 9.53 Å². The Hall–Kier alpha value is -0.530. The highest BCUT2D eigenvalue weighted by Crippen LogP contribution is 2.62. The Bertz CT molecular complexity index is 432. The second kappa shape index (κ2) is 5.77. The maximum absolute atomic E-state index is 13.1. The Kier molecular flexibility index (Phi) is 4.34. The van der Waals surface area contributed by atoms with Crippen LogP contribution in [0.3, 0.4) is 0 Å². The monoisotopic (exact) mass is 320 g/mol. The lowest BCUT2D eigenvalue weighted by molar-refractivity contribution is -0.232. The van der Waals surface area contributed by atoms with Crippen LogP contribution >= 0.6 is 0 Å². The van der Waals surface area contributed by atoms with Crippen molar-refractivity contribution in [3.05, 3.63) is 0 Å². The Morgan fingerprint density at radius 3 is 1.87 bits per heavy atom. The number of hydrogen-bond donors (Lipinski definition) is 0. The fourth-order valence-electron chi connectivity index (χ4n) is 6.55. The molecule has 132 valence electrons. The molecule has 4 rings (SSSR count). The van der Waals surface area contributed by atoms with Gasteiger partial charge in [0.2, 0.25) is 0 Å². The molecule has 0 atom stereocenters. The molecule has 0 spiro atoms. The van der Waals surface area contributed by atoms with Crippen LogP contribution in [0.15, 0.2) is 0 Å².